The minimum atomic E-state index is -0.907. The molecule has 0 radical (unpaired) electrons. The molecule has 0 amide bonds. The summed E-state index contributed by atoms with van der Waals surface area (Å²) in [4.78, 5) is 0. The Hall–Kier alpha value is -0.110. The van der Waals surface area contributed by atoms with Crippen LogP contribution in [0.25, 0.3) is 0 Å². The van der Waals surface area contributed by atoms with Gasteiger partial charge in [-0.3, -0.25) is 0 Å². The van der Waals surface area contributed by atoms with E-state index in [1.165, 1.54) is 6.92 Å². The SMILES string of the molecule is CC(F)CC(C)(C)O. The van der Waals surface area contributed by atoms with Crippen LogP contribution in [0.15, 0.2) is 0 Å². The Bertz CT molecular complexity index is 63.4. The van der Waals surface area contributed by atoms with E-state index in [-0.39, 0.29) is 6.42 Å². The highest BCUT2D eigenvalue weighted by molar-refractivity contribution is 4.67. The van der Waals surface area contributed by atoms with Crippen LogP contribution in [0.2, 0.25) is 0 Å². The first-order valence-electron chi connectivity index (χ1n) is 2.78. The molecule has 0 spiro atoms. The normalized spacial score (nSPS) is 16.1. The number of aliphatic hydroxyl groups is 1. The topological polar surface area (TPSA) is 20.2 Å². The minimum absolute atomic E-state index is 0.215. The number of hydrogen-bond donors (Lipinski definition) is 1. The fraction of sp³-hybridized carbons (Fsp3) is 1.00. The van der Waals surface area contributed by atoms with Gasteiger partial charge in [0.15, 0.2) is 0 Å². The molecule has 2 heteroatoms. The predicted molar refractivity (Wildman–Crippen MR) is 31.5 cm³/mol. The van der Waals surface area contributed by atoms with Crippen molar-refractivity contribution in [3.05, 3.63) is 0 Å². The van der Waals surface area contributed by atoms with Crippen LogP contribution < -0.4 is 0 Å². The number of alkyl halides is 1. The Morgan fingerprint density at radius 2 is 2.00 bits per heavy atom. The molecule has 0 aromatic carbocycles. The lowest BCUT2D eigenvalue weighted by Gasteiger charge is -2.16. The Labute approximate surface area is 49.5 Å². The van der Waals surface area contributed by atoms with Crippen molar-refractivity contribution in [3.63, 3.8) is 0 Å². The summed E-state index contributed by atoms with van der Waals surface area (Å²) in [5, 5.41) is 8.95. The van der Waals surface area contributed by atoms with Crippen molar-refractivity contribution in [2.24, 2.45) is 0 Å². The Balaban J connectivity index is 3.39. The number of hydrogen-bond acceptors (Lipinski definition) is 1. The third-order valence-electron chi connectivity index (χ3n) is 0.781. The van der Waals surface area contributed by atoms with Crippen molar-refractivity contribution < 1.29 is 9.50 Å². The first-order chi connectivity index (χ1) is 3.42. The van der Waals surface area contributed by atoms with E-state index >= 15 is 0 Å². The summed E-state index contributed by atoms with van der Waals surface area (Å²) in [6.07, 6.45) is -0.692. The highest BCUT2D eigenvalue weighted by atomic mass is 19.1. The van der Waals surface area contributed by atoms with Crippen molar-refractivity contribution >= 4 is 0 Å². The summed E-state index contributed by atoms with van der Waals surface area (Å²) in [7, 11) is 0. The molecule has 0 aromatic rings. The smallest absolute Gasteiger partial charge is 0.100 e. The van der Waals surface area contributed by atoms with Gasteiger partial charge in [-0.05, 0) is 20.8 Å². The van der Waals surface area contributed by atoms with Crippen molar-refractivity contribution in [1.82, 2.24) is 0 Å². The van der Waals surface area contributed by atoms with E-state index in [4.69, 9.17) is 5.11 Å². The quantitative estimate of drug-likeness (QED) is 0.585. The largest absolute Gasteiger partial charge is 0.390 e. The van der Waals surface area contributed by atoms with Gasteiger partial charge >= 0.3 is 0 Å². The minimum Gasteiger partial charge on any atom is -0.390 e. The van der Waals surface area contributed by atoms with Gasteiger partial charge in [-0.1, -0.05) is 0 Å². The van der Waals surface area contributed by atoms with Gasteiger partial charge in [-0.2, -0.15) is 0 Å². The monoisotopic (exact) mass is 120 g/mol. The van der Waals surface area contributed by atoms with Gasteiger partial charge in [0.2, 0.25) is 0 Å². The van der Waals surface area contributed by atoms with Gasteiger partial charge in [0, 0.05) is 6.42 Å². The fourth-order valence-corrected chi connectivity index (χ4v) is 0.688. The van der Waals surface area contributed by atoms with Crippen LogP contribution in [0.3, 0.4) is 0 Å². The molecule has 1 atom stereocenters. The first-order valence-corrected chi connectivity index (χ1v) is 2.78. The summed E-state index contributed by atoms with van der Waals surface area (Å²) < 4.78 is 12.0. The van der Waals surface area contributed by atoms with Crippen LogP contribution >= 0.6 is 0 Å². The van der Waals surface area contributed by atoms with E-state index in [2.05, 4.69) is 0 Å². The summed E-state index contributed by atoms with van der Waals surface area (Å²) in [5.41, 5.74) is -0.853. The molecule has 50 valence electrons. The molecule has 0 aromatic heterocycles. The zero-order valence-electron chi connectivity index (χ0n) is 5.61. The molecule has 1 nitrogen and oxygen atoms in total. The van der Waals surface area contributed by atoms with Gasteiger partial charge in [-0.25, -0.2) is 4.39 Å². The van der Waals surface area contributed by atoms with Crippen molar-refractivity contribution in [1.29, 1.82) is 0 Å². The van der Waals surface area contributed by atoms with Crippen molar-refractivity contribution in [2.75, 3.05) is 0 Å². The van der Waals surface area contributed by atoms with Gasteiger partial charge in [0.05, 0.1) is 5.60 Å². The molecule has 8 heavy (non-hydrogen) atoms. The molecule has 0 aliphatic carbocycles. The Kier molecular flexibility index (Phi) is 2.41. The Morgan fingerprint density at radius 3 is 2.00 bits per heavy atom. The second kappa shape index (κ2) is 2.44. The summed E-state index contributed by atoms with van der Waals surface area (Å²) >= 11 is 0. The lowest BCUT2D eigenvalue weighted by molar-refractivity contribution is 0.0476. The maximum atomic E-state index is 12.0. The van der Waals surface area contributed by atoms with E-state index in [1.807, 2.05) is 0 Å². The molecule has 0 aliphatic heterocycles. The van der Waals surface area contributed by atoms with Crippen LogP contribution in [0.4, 0.5) is 4.39 Å². The zero-order valence-corrected chi connectivity index (χ0v) is 5.61. The highest BCUT2D eigenvalue weighted by Gasteiger charge is 2.15. The van der Waals surface area contributed by atoms with Crippen LogP contribution in [-0.2, 0) is 0 Å². The average Bonchev–Trinajstić information content (AvgIpc) is 1.21. The van der Waals surface area contributed by atoms with E-state index in [0.717, 1.165) is 0 Å². The van der Waals surface area contributed by atoms with E-state index in [1.54, 1.807) is 13.8 Å². The predicted octanol–water partition coefficient (Wildman–Crippen LogP) is 1.51. The third kappa shape index (κ3) is 5.89. The first kappa shape index (κ1) is 7.89. The summed E-state index contributed by atoms with van der Waals surface area (Å²) in [6.45, 7) is 4.64. The third-order valence-corrected chi connectivity index (χ3v) is 0.781. The molecule has 0 fully saturated rings. The molecular weight excluding hydrogens is 107 g/mol. The van der Waals surface area contributed by atoms with E-state index < -0.39 is 11.8 Å². The fourth-order valence-electron chi connectivity index (χ4n) is 0.688. The van der Waals surface area contributed by atoms with Gasteiger partial charge in [0.25, 0.3) is 0 Å². The second-order valence-corrected chi connectivity index (χ2v) is 2.80. The van der Waals surface area contributed by atoms with Gasteiger partial charge in [0.1, 0.15) is 6.17 Å². The van der Waals surface area contributed by atoms with Gasteiger partial charge < -0.3 is 5.11 Å². The maximum Gasteiger partial charge on any atom is 0.100 e. The zero-order chi connectivity index (χ0) is 6.78. The molecule has 0 aliphatic rings. The molecule has 0 saturated heterocycles. The van der Waals surface area contributed by atoms with Crippen molar-refractivity contribution in [2.45, 2.75) is 39.0 Å². The highest BCUT2D eigenvalue weighted by Crippen LogP contribution is 2.11. The summed E-state index contributed by atoms with van der Waals surface area (Å²) in [6, 6.07) is 0. The van der Waals surface area contributed by atoms with Gasteiger partial charge in [-0.15, -0.1) is 0 Å². The molecule has 1 N–H and O–H groups in total. The summed E-state index contributed by atoms with van der Waals surface area (Å²) in [5.74, 6) is 0. The molecule has 1 unspecified atom stereocenters. The van der Waals surface area contributed by atoms with Crippen LogP contribution in [0.5, 0.6) is 0 Å². The number of halogens is 1. The van der Waals surface area contributed by atoms with Crippen LogP contribution in [0.1, 0.15) is 27.2 Å². The van der Waals surface area contributed by atoms with Crippen molar-refractivity contribution in [3.8, 4) is 0 Å². The lowest BCUT2D eigenvalue weighted by Crippen LogP contribution is -2.22. The molecular formula is C6H13FO. The maximum absolute atomic E-state index is 12.0. The second-order valence-electron chi connectivity index (χ2n) is 2.80. The molecule has 0 rings (SSSR count). The molecule has 0 bridgehead atoms. The molecule has 0 heterocycles. The average molecular weight is 120 g/mol. The Morgan fingerprint density at radius 1 is 1.62 bits per heavy atom. The molecule has 0 saturated carbocycles. The lowest BCUT2D eigenvalue weighted by atomic mass is 10.0. The number of rotatable bonds is 2. The van der Waals surface area contributed by atoms with Crippen LogP contribution in [-0.4, -0.2) is 16.9 Å². The van der Waals surface area contributed by atoms with E-state index in [0.29, 0.717) is 0 Å². The standard InChI is InChI=1S/C6H13FO/c1-5(7)4-6(2,3)8/h5,8H,4H2,1-3H3. The van der Waals surface area contributed by atoms with Crippen LogP contribution in [0, 0.1) is 0 Å². The van der Waals surface area contributed by atoms with E-state index in [9.17, 15) is 4.39 Å².